The number of hydrogen-bond donors (Lipinski definition) is 3. The van der Waals surface area contributed by atoms with E-state index in [9.17, 15) is 21.6 Å². The Bertz CT molecular complexity index is 860. The van der Waals surface area contributed by atoms with E-state index in [1.165, 1.54) is 29.7 Å². The molecule has 4 N–H and O–H groups in total. The number of carbonyl (C=O) groups is 1. The molecular weight excluding hydrogens is 400 g/mol. The Hall–Kier alpha value is -1.73. The largest absolute Gasteiger partial charge is 0.494 e. The van der Waals surface area contributed by atoms with E-state index >= 15 is 0 Å². The maximum atomic E-state index is 13.0. The fourth-order valence-electron chi connectivity index (χ4n) is 2.81. The third-order valence-corrected chi connectivity index (χ3v) is 7.68. The van der Waals surface area contributed by atoms with Crippen molar-refractivity contribution >= 4 is 25.8 Å². The Balaban J connectivity index is 2.15. The van der Waals surface area contributed by atoms with Gasteiger partial charge < -0.3 is 9.47 Å². The summed E-state index contributed by atoms with van der Waals surface area (Å²) >= 11 is 0. The first kappa shape index (κ1) is 21.6. The zero-order valence-corrected chi connectivity index (χ0v) is 16.1. The SMILES string of the molecule is NS(=O)(=O)CCCOc1ccc(S(=O)(=O)C2(C(=O)NO)CCOCC2)cc1. The lowest BCUT2D eigenvalue weighted by Crippen LogP contribution is -2.54. The van der Waals surface area contributed by atoms with Gasteiger partial charge in [-0.15, -0.1) is 0 Å². The molecule has 10 nitrogen and oxygen atoms in total. The molecule has 0 saturated carbocycles. The number of sulfonamides is 1. The highest BCUT2D eigenvalue weighted by atomic mass is 32.2. The van der Waals surface area contributed by atoms with Gasteiger partial charge in [0.25, 0.3) is 5.91 Å². The Kier molecular flexibility index (Phi) is 6.81. The fourth-order valence-corrected chi connectivity index (χ4v) is 5.27. The molecule has 1 aromatic rings. The van der Waals surface area contributed by atoms with Crippen molar-refractivity contribution in [3.8, 4) is 5.75 Å². The fraction of sp³-hybridized carbons (Fsp3) is 0.533. The second kappa shape index (κ2) is 8.52. The van der Waals surface area contributed by atoms with Gasteiger partial charge in [0.15, 0.2) is 14.6 Å². The predicted molar refractivity (Wildman–Crippen MR) is 94.4 cm³/mol. The number of amides is 1. The van der Waals surface area contributed by atoms with Gasteiger partial charge in [-0.3, -0.25) is 10.0 Å². The number of carbonyl (C=O) groups excluding carboxylic acids is 1. The van der Waals surface area contributed by atoms with Crippen molar-refractivity contribution in [2.24, 2.45) is 5.14 Å². The molecule has 0 bridgehead atoms. The second-order valence-electron chi connectivity index (χ2n) is 6.09. The molecule has 1 fully saturated rings. The highest BCUT2D eigenvalue weighted by Gasteiger charge is 2.52. The van der Waals surface area contributed by atoms with E-state index in [4.69, 9.17) is 19.8 Å². The van der Waals surface area contributed by atoms with Crippen LogP contribution in [0.25, 0.3) is 0 Å². The minimum absolute atomic E-state index is 0.0759. The number of rotatable bonds is 8. The molecule has 1 amide bonds. The number of hydrogen-bond acceptors (Lipinski definition) is 8. The Labute approximate surface area is 157 Å². The zero-order valence-electron chi connectivity index (χ0n) is 14.5. The normalized spacial score (nSPS) is 17.3. The van der Waals surface area contributed by atoms with Gasteiger partial charge in [-0.2, -0.15) is 0 Å². The lowest BCUT2D eigenvalue weighted by Gasteiger charge is -2.34. The summed E-state index contributed by atoms with van der Waals surface area (Å²) in [5.41, 5.74) is 1.45. The number of sulfone groups is 1. The number of nitrogens with two attached hydrogens (primary N) is 1. The van der Waals surface area contributed by atoms with Gasteiger partial charge in [0.05, 0.1) is 17.3 Å². The first-order chi connectivity index (χ1) is 12.6. The maximum Gasteiger partial charge on any atom is 0.265 e. The highest BCUT2D eigenvalue weighted by molar-refractivity contribution is 7.93. The molecule has 0 spiro atoms. The molecule has 1 aliphatic heterocycles. The lowest BCUT2D eigenvalue weighted by molar-refractivity contribution is -0.134. The third-order valence-electron chi connectivity index (χ3n) is 4.31. The van der Waals surface area contributed by atoms with Crippen molar-refractivity contribution < 1.29 is 36.3 Å². The van der Waals surface area contributed by atoms with Gasteiger partial charge in [0.2, 0.25) is 10.0 Å². The van der Waals surface area contributed by atoms with Gasteiger partial charge in [-0.05, 0) is 43.5 Å². The van der Waals surface area contributed by atoms with Crippen LogP contribution in [0.15, 0.2) is 29.2 Å². The van der Waals surface area contributed by atoms with Crippen LogP contribution < -0.4 is 15.4 Å². The van der Waals surface area contributed by atoms with E-state index in [1.807, 2.05) is 0 Å². The summed E-state index contributed by atoms with van der Waals surface area (Å²) in [6.45, 7) is 0.256. The quantitative estimate of drug-likeness (QED) is 0.289. The van der Waals surface area contributed by atoms with Crippen molar-refractivity contribution in [1.82, 2.24) is 5.48 Å². The molecule has 152 valence electrons. The average molecular weight is 422 g/mol. The molecule has 1 aromatic carbocycles. The summed E-state index contributed by atoms with van der Waals surface area (Å²) in [6.07, 6.45) is 0.0414. The van der Waals surface area contributed by atoms with Gasteiger partial charge in [0.1, 0.15) is 5.75 Å². The number of primary sulfonamides is 1. The van der Waals surface area contributed by atoms with Gasteiger partial charge in [-0.1, -0.05) is 0 Å². The molecule has 27 heavy (non-hydrogen) atoms. The summed E-state index contributed by atoms with van der Waals surface area (Å²) < 4.78 is 56.5. The maximum absolute atomic E-state index is 13.0. The van der Waals surface area contributed by atoms with Crippen molar-refractivity contribution in [2.75, 3.05) is 25.6 Å². The summed E-state index contributed by atoms with van der Waals surface area (Å²) in [5, 5.41) is 13.9. The van der Waals surface area contributed by atoms with Gasteiger partial charge >= 0.3 is 0 Å². The molecule has 1 heterocycles. The van der Waals surface area contributed by atoms with Crippen LogP contribution in [0.2, 0.25) is 0 Å². The number of benzene rings is 1. The summed E-state index contributed by atoms with van der Waals surface area (Å²) in [4.78, 5) is 12.1. The molecule has 0 atom stereocenters. The Morgan fingerprint density at radius 3 is 2.30 bits per heavy atom. The van der Waals surface area contributed by atoms with E-state index in [2.05, 4.69) is 0 Å². The van der Waals surface area contributed by atoms with Crippen LogP contribution in [0, 0.1) is 0 Å². The second-order valence-corrected chi connectivity index (χ2v) is 10.1. The van der Waals surface area contributed by atoms with Crippen molar-refractivity contribution in [1.29, 1.82) is 0 Å². The van der Waals surface area contributed by atoms with Gasteiger partial charge in [0, 0.05) is 13.2 Å². The summed E-state index contributed by atoms with van der Waals surface area (Å²) in [7, 11) is -7.66. The topological polar surface area (TPSA) is 162 Å². The zero-order chi connectivity index (χ0) is 20.1. The number of nitrogens with one attached hydrogen (secondary N) is 1. The first-order valence-corrected chi connectivity index (χ1v) is 11.3. The molecule has 1 aliphatic rings. The van der Waals surface area contributed by atoms with Crippen LogP contribution in [-0.4, -0.2) is 58.3 Å². The minimum Gasteiger partial charge on any atom is -0.494 e. The van der Waals surface area contributed by atoms with Crippen molar-refractivity contribution in [3.05, 3.63) is 24.3 Å². The number of hydroxylamine groups is 1. The van der Waals surface area contributed by atoms with Crippen LogP contribution in [0.3, 0.4) is 0 Å². The Morgan fingerprint density at radius 2 is 1.78 bits per heavy atom. The van der Waals surface area contributed by atoms with E-state index in [0.717, 1.165) is 0 Å². The summed E-state index contributed by atoms with van der Waals surface area (Å²) in [6, 6.07) is 5.42. The van der Waals surface area contributed by atoms with Gasteiger partial charge in [-0.25, -0.2) is 27.5 Å². The van der Waals surface area contributed by atoms with E-state index in [0.29, 0.717) is 5.75 Å². The standard InChI is InChI=1S/C15H22N2O8S2/c16-26(20,21)11-1-8-25-12-2-4-13(5-3-12)27(22,23)15(14(18)17-19)6-9-24-10-7-15/h2-5,19H,1,6-11H2,(H,17,18)(H2,16,20,21). The molecule has 2 rings (SSSR count). The van der Waals surface area contributed by atoms with Crippen LogP contribution in [0.5, 0.6) is 5.75 Å². The van der Waals surface area contributed by atoms with Crippen molar-refractivity contribution in [2.45, 2.75) is 28.9 Å². The van der Waals surface area contributed by atoms with Crippen LogP contribution in [0.1, 0.15) is 19.3 Å². The molecule has 12 heteroatoms. The smallest absolute Gasteiger partial charge is 0.265 e. The minimum atomic E-state index is -4.10. The third kappa shape index (κ3) is 4.96. The predicted octanol–water partition coefficient (Wildman–Crippen LogP) is -0.428. The lowest BCUT2D eigenvalue weighted by atomic mass is 9.98. The summed E-state index contributed by atoms with van der Waals surface area (Å²) in [5.74, 6) is -0.870. The first-order valence-electron chi connectivity index (χ1n) is 8.13. The van der Waals surface area contributed by atoms with E-state index in [-0.39, 0.29) is 49.7 Å². The molecule has 0 aromatic heterocycles. The molecule has 0 radical (unpaired) electrons. The monoisotopic (exact) mass is 422 g/mol. The van der Waals surface area contributed by atoms with E-state index in [1.54, 1.807) is 0 Å². The molecular formula is C15H22N2O8S2. The van der Waals surface area contributed by atoms with E-state index < -0.39 is 30.5 Å². The molecule has 0 unspecified atom stereocenters. The van der Waals surface area contributed by atoms with Crippen LogP contribution >= 0.6 is 0 Å². The average Bonchev–Trinajstić information content (AvgIpc) is 2.64. The van der Waals surface area contributed by atoms with Crippen LogP contribution in [-0.2, 0) is 29.4 Å². The van der Waals surface area contributed by atoms with Crippen molar-refractivity contribution in [3.63, 3.8) is 0 Å². The number of ether oxygens (including phenoxy) is 2. The molecule has 1 saturated heterocycles. The Morgan fingerprint density at radius 1 is 1.19 bits per heavy atom. The van der Waals surface area contributed by atoms with Crippen LogP contribution in [0.4, 0.5) is 0 Å². The highest BCUT2D eigenvalue weighted by Crippen LogP contribution is 2.35. The molecule has 0 aliphatic carbocycles.